The first-order valence-electron chi connectivity index (χ1n) is 8.52. The number of carbonyl (C=O) groups excluding carboxylic acids is 1. The minimum Gasteiger partial charge on any atom is -0.408 e. The molecule has 0 aliphatic carbocycles. The topological polar surface area (TPSA) is 80.0 Å². The molecule has 0 aliphatic heterocycles. The summed E-state index contributed by atoms with van der Waals surface area (Å²) in [6.07, 6.45) is 2.92. The number of benzene rings is 2. The number of hydrogen-bond donors (Lipinski definition) is 2. The average Bonchev–Trinajstić information content (AvgIpc) is 3.17. The molecule has 0 atom stereocenters. The van der Waals surface area contributed by atoms with E-state index < -0.39 is 0 Å². The maximum Gasteiger partial charge on any atom is 0.419 e. The summed E-state index contributed by atoms with van der Waals surface area (Å²) in [5.74, 6) is -0.379. The second kappa shape index (κ2) is 6.55. The van der Waals surface area contributed by atoms with Gasteiger partial charge in [0.15, 0.2) is 5.58 Å². The third-order valence-electron chi connectivity index (χ3n) is 4.62. The van der Waals surface area contributed by atoms with E-state index in [4.69, 9.17) is 4.42 Å². The Morgan fingerprint density at radius 3 is 2.96 bits per heavy atom. The zero-order valence-electron chi connectivity index (χ0n) is 14.4. The lowest BCUT2D eigenvalue weighted by Crippen LogP contribution is -2.27. The fourth-order valence-electron chi connectivity index (χ4n) is 3.19. The number of fused-ring (bicyclic) bond motifs is 2. The first-order valence-corrected chi connectivity index (χ1v) is 8.52. The molecule has 4 aromatic rings. The van der Waals surface area contributed by atoms with Gasteiger partial charge in [0.2, 0.25) is 5.91 Å². The van der Waals surface area contributed by atoms with Gasteiger partial charge in [0.1, 0.15) is 0 Å². The summed E-state index contributed by atoms with van der Waals surface area (Å²) >= 11 is 0. The number of rotatable bonds is 5. The summed E-state index contributed by atoms with van der Waals surface area (Å²) < 4.78 is 6.61. The third kappa shape index (κ3) is 3.01. The van der Waals surface area contributed by atoms with Crippen LogP contribution in [0.4, 0.5) is 0 Å². The van der Waals surface area contributed by atoms with Gasteiger partial charge in [0, 0.05) is 30.7 Å². The van der Waals surface area contributed by atoms with Gasteiger partial charge in [-0.25, -0.2) is 4.79 Å². The van der Waals surface area contributed by atoms with Crippen LogP contribution in [0.15, 0.2) is 57.9 Å². The first-order chi connectivity index (χ1) is 12.6. The molecule has 2 heterocycles. The van der Waals surface area contributed by atoms with Crippen molar-refractivity contribution in [1.29, 1.82) is 0 Å². The van der Waals surface area contributed by atoms with Crippen molar-refractivity contribution in [1.82, 2.24) is 14.9 Å². The largest absolute Gasteiger partial charge is 0.419 e. The maximum absolute atomic E-state index is 12.2. The standard InChI is InChI=1S/C20H19N3O3/c1-23-17-10-13(6-7-18(17)26-20(23)25)8-9-21-19(24)11-14-12-22-16-5-3-2-4-15(14)16/h2-7,10,12,22H,8-9,11H2,1H3,(H,21,24). The van der Waals surface area contributed by atoms with Gasteiger partial charge >= 0.3 is 5.76 Å². The maximum atomic E-state index is 12.2. The normalized spacial score (nSPS) is 11.3. The Hall–Kier alpha value is -3.28. The van der Waals surface area contributed by atoms with E-state index in [0.717, 1.165) is 27.5 Å². The Balaban J connectivity index is 1.37. The highest BCUT2D eigenvalue weighted by Gasteiger charge is 2.09. The van der Waals surface area contributed by atoms with Gasteiger partial charge in [-0.15, -0.1) is 0 Å². The number of carbonyl (C=O) groups is 1. The minimum absolute atomic E-state index is 0.00783. The average molecular weight is 349 g/mol. The zero-order valence-corrected chi connectivity index (χ0v) is 14.4. The van der Waals surface area contributed by atoms with Crippen LogP contribution in [-0.4, -0.2) is 22.0 Å². The highest BCUT2D eigenvalue weighted by atomic mass is 16.4. The number of para-hydroxylation sites is 1. The minimum atomic E-state index is -0.371. The smallest absolute Gasteiger partial charge is 0.408 e. The Labute approximate surface area is 149 Å². The third-order valence-corrected chi connectivity index (χ3v) is 4.62. The van der Waals surface area contributed by atoms with E-state index in [1.165, 1.54) is 4.57 Å². The van der Waals surface area contributed by atoms with Crippen LogP contribution in [0.2, 0.25) is 0 Å². The number of aryl methyl sites for hydroxylation is 1. The van der Waals surface area contributed by atoms with Gasteiger partial charge in [-0.2, -0.15) is 0 Å². The van der Waals surface area contributed by atoms with Gasteiger partial charge in [-0.3, -0.25) is 9.36 Å². The summed E-state index contributed by atoms with van der Waals surface area (Å²) in [7, 11) is 1.68. The number of aromatic amines is 1. The molecule has 26 heavy (non-hydrogen) atoms. The van der Waals surface area contributed by atoms with Crippen molar-refractivity contribution in [2.24, 2.45) is 7.05 Å². The van der Waals surface area contributed by atoms with Crippen LogP contribution in [0.1, 0.15) is 11.1 Å². The molecule has 2 aromatic carbocycles. The fourth-order valence-corrected chi connectivity index (χ4v) is 3.19. The molecule has 0 saturated carbocycles. The van der Waals surface area contributed by atoms with E-state index in [1.54, 1.807) is 13.1 Å². The molecular formula is C20H19N3O3. The van der Waals surface area contributed by atoms with E-state index in [0.29, 0.717) is 25.0 Å². The van der Waals surface area contributed by atoms with Crippen LogP contribution in [0, 0.1) is 0 Å². The molecule has 0 unspecified atom stereocenters. The number of nitrogens with zero attached hydrogens (tertiary/aromatic N) is 1. The predicted octanol–water partition coefficient (Wildman–Crippen LogP) is 2.51. The lowest BCUT2D eigenvalue weighted by molar-refractivity contribution is -0.120. The van der Waals surface area contributed by atoms with Crippen LogP contribution < -0.4 is 11.1 Å². The molecule has 0 saturated heterocycles. The summed E-state index contributed by atoms with van der Waals surface area (Å²) in [6, 6.07) is 13.6. The van der Waals surface area contributed by atoms with Crippen LogP contribution in [0.3, 0.4) is 0 Å². The van der Waals surface area contributed by atoms with E-state index in [-0.39, 0.29) is 11.7 Å². The predicted molar refractivity (Wildman–Crippen MR) is 100 cm³/mol. The van der Waals surface area contributed by atoms with Gasteiger partial charge < -0.3 is 14.7 Å². The molecule has 4 rings (SSSR count). The molecular weight excluding hydrogens is 330 g/mol. The highest BCUT2D eigenvalue weighted by Crippen LogP contribution is 2.18. The van der Waals surface area contributed by atoms with Gasteiger partial charge in [0.05, 0.1) is 11.9 Å². The Morgan fingerprint density at radius 1 is 1.23 bits per heavy atom. The second-order valence-electron chi connectivity index (χ2n) is 6.37. The molecule has 0 radical (unpaired) electrons. The van der Waals surface area contributed by atoms with E-state index >= 15 is 0 Å². The molecule has 0 aliphatic rings. The zero-order chi connectivity index (χ0) is 18.1. The van der Waals surface area contributed by atoms with Crippen molar-refractivity contribution in [3.63, 3.8) is 0 Å². The van der Waals surface area contributed by atoms with Crippen molar-refractivity contribution in [3.8, 4) is 0 Å². The summed E-state index contributed by atoms with van der Waals surface area (Å²) in [6.45, 7) is 0.540. The van der Waals surface area contributed by atoms with Crippen molar-refractivity contribution in [2.75, 3.05) is 6.54 Å². The number of hydrogen-bond acceptors (Lipinski definition) is 3. The molecule has 0 bridgehead atoms. The van der Waals surface area contributed by atoms with Crippen LogP contribution in [0.25, 0.3) is 22.0 Å². The van der Waals surface area contributed by atoms with Gasteiger partial charge in [0.25, 0.3) is 0 Å². The summed E-state index contributed by atoms with van der Waals surface area (Å²) in [5.41, 5.74) is 4.41. The SMILES string of the molecule is Cn1c(=O)oc2ccc(CCNC(=O)Cc3c[nH]c4ccccc34)cc21. The fraction of sp³-hybridized carbons (Fsp3) is 0.200. The van der Waals surface area contributed by atoms with E-state index in [1.807, 2.05) is 42.6 Å². The van der Waals surface area contributed by atoms with E-state index in [9.17, 15) is 9.59 Å². The van der Waals surface area contributed by atoms with Crippen molar-refractivity contribution < 1.29 is 9.21 Å². The number of nitrogens with one attached hydrogen (secondary N) is 2. The second-order valence-corrected chi connectivity index (χ2v) is 6.37. The quantitative estimate of drug-likeness (QED) is 0.581. The first kappa shape index (κ1) is 16.2. The van der Waals surface area contributed by atoms with E-state index in [2.05, 4.69) is 10.3 Å². The lowest BCUT2D eigenvalue weighted by atomic mass is 10.1. The highest BCUT2D eigenvalue weighted by molar-refractivity contribution is 5.88. The molecule has 2 N–H and O–H groups in total. The molecule has 0 fully saturated rings. The number of H-pyrrole nitrogens is 1. The molecule has 6 nitrogen and oxygen atoms in total. The molecule has 1 amide bonds. The number of amides is 1. The van der Waals surface area contributed by atoms with Gasteiger partial charge in [-0.05, 0) is 35.7 Å². The Morgan fingerprint density at radius 2 is 2.08 bits per heavy atom. The van der Waals surface area contributed by atoms with Crippen molar-refractivity contribution >= 4 is 27.9 Å². The molecule has 132 valence electrons. The number of aromatic nitrogens is 2. The van der Waals surface area contributed by atoms with Gasteiger partial charge in [-0.1, -0.05) is 24.3 Å². The monoisotopic (exact) mass is 349 g/mol. The van der Waals surface area contributed by atoms with Crippen molar-refractivity contribution in [2.45, 2.75) is 12.8 Å². The Bertz CT molecular complexity index is 1150. The molecule has 0 spiro atoms. The van der Waals surface area contributed by atoms with Crippen LogP contribution in [-0.2, 0) is 24.7 Å². The van der Waals surface area contributed by atoms with Crippen LogP contribution in [0.5, 0.6) is 0 Å². The Kier molecular flexibility index (Phi) is 4.08. The molecule has 2 aromatic heterocycles. The van der Waals surface area contributed by atoms with Crippen LogP contribution >= 0.6 is 0 Å². The summed E-state index contributed by atoms with van der Waals surface area (Å²) in [5, 5.41) is 4.03. The number of oxazole rings is 1. The van der Waals surface area contributed by atoms with Crippen molar-refractivity contribution in [3.05, 3.63) is 70.3 Å². The lowest BCUT2D eigenvalue weighted by Gasteiger charge is -2.05. The summed E-state index contributed by atoms with van der Waals surface area (Å²) in [4.78, 5) is 26.9. The molecule has 6 heteroatoms.